The third-order valence-corrected chi connectivity index (χ3v) is 5.08. The van der Waals surface area contributed by atoms with E-state index in [9.17, 15) is 10.1 Å². The Labute approximate surface area is 110 Å². The van der Waals surface area contributed by atoms with E-state index >= 15 is 0 Å². The van der Waals surface area contributed by atoms with Gasteiger partial charge in [0.2, 0.25) is 0 Å². The Kier molecular flexibility index (Phi) is 3.16. The van der Waals surface area contributed by atoms with Crippen molar-refractivity contribution >= 4 is 11.8 Å². The summed E-state index contributed by atoms with van der Waals surface area (Å²) in [6.07, 6.45) is 6.48. The van der Waals surface area contributed by atoms with Gasteiger partial charge in [-0.05, 0) is 25.7 Å². The lowest BCUT2D eigenvalue weighted by atomic mass is 9.90. The van der Waals surface area contributed by atoms with Crippen molar-refractivity contribution in [2.45, 2.75) is 55.0 Å². The smallest absolute Gasteiger partial charge is 0.267 e. The summed E-state index contributed by atoms with van der Waals surface area (Å²) in [4.78, 5) is 11.7. The van der Waals surface area contributed by atoms with E-state index in [1.807, 2.05) is 0 Å². The Hall–Kier alpha value is -1.22. The van der Waals surface area contributed by atoms with Gasteiger partial charge in [-0.3, -0.25) is 4.57 Å². The highest BCUT2D eigenvalue weighted by molar-refractivity contribution is 7.99. The molecule has 1 heterocycles. The van der Waals surface area contributed by atoms with Gasteiger partial charge in [0.15, 0.2) is 5.16 Å². The highest BCUT2D eigenvalue weighted by Gasteiger charge is 2.32. The molecule has 1 aromatic rings. The zero-order chi connectivity index (χ0) is 12.5. The molecule has 18 heavy (non-hydrogen) atoms. The first-order valence-electron chi connectivity index (χ1n) is 6.53. The molecule has 6 heteroatoms. The number of nitrogens with one attached hydrogen (secondary N) is 1. The molecule has 2 atom stereocenters. The molecule has 2 saturated carbocycles. The lowest BCUT2D eigenvalue weighted by Crippen LogP contribution is -2.22. The van der Waals surface area contributed by atoms with Gasteiger partial charge < -0.3 is 0 Å². The van der Waals surface area contributed by atoms with Crippen LogP contribution in [-0.2, 0) is 0 Å². The van der Waals surface area contributed by atoms with Crippen LogP contribution in [0.4, 0.5) is 0 Å². The lowest BCUT2D eigenvalue weighted by molar-refractivity contribution is 0.438. The fraction of sp³-hybridized carbons (Fsp3) is 0.750. The lowest BCUT2D eigenvalue weighted by Gasteiger charge is -2.25. The standard InChI is InChI=1S/C12H16N4OS/c13-7-8-3-1-2-4-10(8)18-12-15-14-11(17)16(12)9-5-6-9/h8-10H,1-6H2,(H,14,17). The molecule has 0 saturated heterocycles. The number of nitrogens with zero attached hydrogens (tertiary/aromatic N) is 3. The second kappa shape index (κ2) is 4.81. The van der Waals surface area contributed by atoms with Crippen LogP contribution in [0.3, 0.4) is 0 Å². The molecule has 2 unspecified atom stereocenters. The van der Waals surface area contributed by atoms with E-state index in [0.717, 1.165) is 37.3 Å². The molecular formula is C12H16N4OS. The first-order valence-corrected chi connectivity index (χ1v) is 7.40. The zero-order valence-electron chi connectivity index (χ0n) is 10.1. The van der Waals surface area contributed by atoms with Gasteiger partial charge in [0.25, 0.3) is 0 Å². The van der Waals surface area contributed by atoms with E-state index in [1.165, 1.54) is 6.42 Å². The largest absolute Gasteiger partial charge is 0.344 e. The van der Waals surface area contributed by atoms with Crippen LogP contribution < -0.4 is 5.69 Å². The van der Waals surface area contributed by atoms with Crippen molar-refractivity contribution in [1.82, 2.24) is 14.8 Å². The molecule has 0 amide bonds. The minimum Gasteiger partial charge on any atom is -0.267 e. The van der Waals surface area contributed by atoms with E-state index in [2.05, 4.69) is 16.3 Å². The SMILES string of the molecule is N#CC1CCCCC1Sc1n[nH]c(=O)n1C1CC1. The van der Waals surface area contributed by atoms with Gasteiger partial charge in [0, 0.05) is 11.3 Å². The average Bonchev–Trinajstić information content (AvgIpc) is 3.16. The summed E-state index contributed by atoms with van der Waals surface area (Å²) in [6.45, 7) is 0. The molecule has 1 N–H and O–H groups in total. The number of nitriles is 1. The molecule has 5 nitrogen and oxygen atoms in total. The molecule has 0 bridgehead atoms. The molecular weight excluding hydrogens is 248 g/mol. The van der Waals surface area contributed by atoms with E-state index in [4.69, 9.17) is 0 Å². The molecule has 96 valence electrons. The Morgan fingerprint density at radius 3 is 2.83 bits per heavy atom. The first kappa shape index (κ1) is 11.8. The Balaban J connectivity index is 1.79. The Bertz CT molecular complexity index is 525. The van der Waals surface area contributed by atoms with E-state index in [1.54, 1.807) is 16.3 Å². The number of thioether (sulfide) groups is 1. The fourth-order valence-electron chi connectivity index (χ4n) is 2.55. The Morgan fingerprint density at radius 2 is 2.11 bits per heavy atom. The van der Waals surface area contributed by atoms with Gasteiger partial charge in [-0.25, -0.2) is 9.89 Å². The van der Waals surface area contributed by atoms with Gasteiger partial charge in [-0.2, -0.15) is 5.26 Å². The van der Waals surface area contributed by atoms with Gasteiger partial charge in [0.1, 0.15) is 0 Å². The predicted octanol–water partition coefficient (Wildman–Crippen LogP) is 2.08. The second-order valence-electron chi connectivity index (χ2n) is 5.09. The van der Waals surface area contributed by atoms with Crippen molar-refractivity contribution in [3.63, 3.8) is 0 Å². The second-order valence-corrected chi connectivity index (χ2v) is 6.30. The van der Waals surface area contributed by atoms with Crippen LogP contribution >= 0.6 is 11.8 Å². The quantitative estimate of drug-likeness (QED) is 0.907. The maximum absolute atomic E-state index is 11.7. The van der Waals surface area contributed by atoms with E-state index in [-0.39, 0.29) is 16.9 Å². The number of aromatic nitrogens is 3. The normalized spacial score (nSPS) is 27.9. The topological polar surface area (TPSA) is 74.5 Å². The van der Waals surface area contributed by atoms with Crippen LogP contribution in [-0.4, -0.2) is 20.0 Å². The molecule has 0 aliphatic heterocycles. The minimum absolute atomic E-state index is 0.100. The summed E-state index contributed by atoms with van der Waals surface area (Å²) in [5.41, 5.74) is -0.107. The minimum atomic E-state index is -0.107. The number of hydrogen-bond donors (Lipinski definition) is 1. The van der Waals surface area contributed by atoms with Crippen LogP contribution in [0.2, 0.25) is 0 Å². The number of hydrogen-bond acceptors (Lipinski definition) is 4. The molecule has 3 rings (SSSR count). The maximum atomic E-state index is 11.7. The summed E-state index contributed by atoms with van der Waals surface area (Å²) in [7, 11) is 0. The molecule has 2 aliphatic carbocycles. The predicted molar refractivity (Wildman–Crippen MR) is 68.3 cm³/mol. The molecule has 0 radical (unpaired) electrons. The number of rotatable bonds is 3. The van der Waals surface area contributed by atoms with Crippen molar-refractivity contribution in [2.24, 2.45) is 5.92 Å². The fourth-order valence-corrected chi connectivity index (χ4v) is 3.91. The zero-order valence-corrected chi connectivity index (χ0v) is 10.9. The van der Waals surface area contributed by atoms with Crippen LogP contribution in [0.1, 0.15) is 44.6 Å². The first-order chi connectivity index (χ1) is 8.79. The van der Waals surface area contributed by atoms with Crippen LogP contribution in [0.15, 0.2) is 9.95 Å². The molecule has 0 spiro atoms. The molecule has 1 aromatic heterocycles. The van der Waals surface area contributed by atoms with Gasteiger partial charge >= 0.3 is 5.69 Å². The van der Waals surface area contributed by atoms with E-state index in [0.29, 0.717) is 6.04 Å². The average molecular weight is 264 g/mol. The monoisotopic (exact) mass is 264 g/mol. The Morgan fingerprint density at radius 1 is 1.33 bits per heavy atom. The van der Waals surface area contributed by atoms with Crippen molar-refractivity contribution in [1.29, 1.82) is 5.26 Å². The van der Waals surface area contributed by atoms with Gasteiger partial charge in [0.05, 0.1) is 12.0 Å². The maximum Gasteiger partial charge on any atom is 0.344 e. The van der Waals surface area contributed by atoms with Crippen LogP contribution in [0, 0.1) is 17.2 Å². The summed E-state index contributed by atoms with van der Waals surface area (Å²) >= 11 is 1.61. The van der Waals surface area contributed by atoms with Gasteiger partial charge in [-0.1, -0.05) is 24.6 Å². The van der Waals surface area contributed by atoms with Crippen LogP contribution in [0.5, 0.6) is 0 Å². The summed E-state index contributed by atoms with van der Waals surface area (Å²) in [6, 6.07) is 2.74. The van der Waals surface area contributed by atoms with Crippen molar-refractivity contribution < 1.29 is 0 Å². The summed E-state index contributed by atoms with van der Waals surface area (Å²) in [5.74, 6) is 0.100. The molecule has 2 fully saturated rings. The van der Waals surface area contributed by atoms with Crippen molar-refractivity contribution in [2.75, 3.05) is 0 Å². The molecule has 2 aliphatic rings. The highest BCUT2D eigenvalue weighted by atomic mass is 32.2. The van der Waals surface area contributed by atoms with Crippen LogP contribution in [0.25, 0.3) is 0 Å². The van der Waals surface area contributed by atoms with E-state index < -0.39 is 0 Å². The molecule has 0 aromatic carbocycles. The third kappa shape index (κ3) is 2.19. The highest BCUT2D eigenvalue weighted by Crippen LogP contribution is 2.40. The van der Waals surface area contributed by atoms with Crippen molar-refractivity contribution in [3.8, 4) is 6.07 Å². The summed E-state index contributed by atoms with van der Waals surface area (Å²) in [5, 5.41) is 16.9. The summed E-state index contributed by atoms with van der Waals surface area (Å²) < 4.78 is 1.77. The van der Waals surface area contributed by atoms with Gasteiger partial charge in [-0.15, -0.1) is 5.10 Å². The number of aromatic amines is 1. The van der Waals surface area contributed by atoms with Crippen molar-refractivity contribution in [3.05, 3.63) is 10.5 Å². The number of H-pyrrole nitrogens is 1. The third-order valence-electron chi connectivity index (χ3n) is 3.71.